The molecule has 0 spiro atoms. The average Bonchev–Trinajstić information content (AvgIpc) is 2.96. The molecular formula is C17H18N4O. The summed E-state index contributed by atoms with van der Waals surface area (Å²) in [5.41, 5.74) is 11.7. The van der Waals surface area contributed by atoms with Crippen LogP contribution in [0.1, 0.15) is 11.1 Å². The van der Waals surface area contributed by atoms with Gasteiger partial charge in [0.05, 0.1) is 24.7 Å². The van der Waals surface area contributed by atoms with Crippen LogP contribution in [0.15, 0.2) is 42.6 Å². The van der Waals surface area contributed by atoms with Crippen LogP contribution in [0.25, 0.3) is 16.9 Å². The number of anilines is 1. The third-order valence-electron chi connectivity index (χ3n) is 3.63. The minimum absolute atomic E-state index is 0.573. The van der Waals surface area contributed by atoms with Crippen molar-refractivity contribution in [3.63, 3.8) is 0 Å². The molecule has 2 N–H and O–H groups in total. The molecule has 0 bridgehead atoms. The van der Waals surface area contributed by atoms with Gasteiger partial charge in [-0.15, -0.1) is 5.10 Å². The summed E-state index contributed by atoms with van der Waals surface area (Å²) >= 11 is 0. The highest BCUT2D eigenvalue weighted by Gasteiger charge is 2.09. The Bertz CT molecular complexity index is 823. The Morgan fingerprint density at radius 1 is 1.09 bits per heavy atom. The highest BCUT2D eigenvalue weighted by Crippen LogP contribution is 2.26. The van der Waals surface area contributed by atoms with Gasteiger partial charge in [0, 0.05) is 5.56 Å². The highest BCUT2D eigenvalue weighted by molar-refractivity contribution is 5.64. The van der Waals surface area contributed by atoms with Crippen molar-refractivity contribution in [3.05, 3.63) is 53.7 Å². The Labute approximate surface area is 129 Å². The van der Waals surface area contributed by atoms with Crippen LogP contribution < -0.4 is 10.5 Å². The highest BCUT2D eigenvalue weighted by atomic mass is 16.5. The maximum Gasteiger partial charge on any atom is 0.141 e. The summed E-state index contributed by atoms with van der Waals surface area (Å²) in [5.74, 6) is 0.651. The number of rotatable bonds is 3. The molecule has 2 aromatic carbocycles. The Kier molecular flexibility index (Phi) is 3.55. The van der Waals surface area contributed by atoms with Crippen molar-refractivity contribution in [3.8, 4) is 22.7 Å². The third-order valence-corrected chi connectivity index (χ3v) is 3.63. The molecule has 1 heterocycles. The van der Waals surface area contributed by atoms with Crippen LogP contribution >= 0.6 is 0 Å². The van der Waals surface area contributed by atoms with Crippen molar-refractivity contribution in [1.82, 2.24) is 15.0 Å². The Hall–Kier alpha value is -2.82. The van der Waals surface area contributed by atoms with Crippen LogP contribution in [0.5, 0.6) is 5.75 Å². The van der Waals surface area contributed by atoms with E-state index in [-0.39, 0.29) is 0 Å². The van der Waals surface area contributed by atoms with Crippen LogP contribution in [0.4, 0.5) is 5.69 Å². The number of ether oxygens (including phenoxy) is 1. The first kappa shape index (κ1) is 14.1. The first-order valence-corrected chi connectivity index (χ1v) is 7.02. The summed E-state index contributed by atoms with van der Waals surface area (Å²) in [7, 11) is 1.60. The first-order chi connectivity index (χ1) is 10.6. The fraction of sp³-hybridized carbons (Fsp3) is 0.176. The number of methoxy groups -OCH3 is 1. The van der Waals surface area contributed by atoms with E-state index in [2.05, 4.69) is 42.4 Å². The van der Waals surface area contributed by atoms with Crippen molar-refractivity contribution in [1.29, 1.82) is 0 Å². The molecule has 3 rings (SSSR count). The molecule has 1 aromatic heterocycles. The van der Waals surface area contributed by atoms with E-state index < -0.39 is 0 Å². The van der Waals surface area contributed by atoms with Crippen molar-refractivity contribution < 1.29 is 4.74 Å². The largest absolute Gasteiger partial charge is 0.495 e. The predicted molar refractivity (Wildman–Crippen MR) is 87.2 cm³/mol. The standard InChI is InChI=1S/C17H18N4O/c1-11-4-6-14(12(2)8-11)16-10-21(20-19-16)13-5-7-17(22-3)15(18)9-13/h4-10H,18H2,1-3H3. The quantitative estimate of drug-likeness (QED) is 0.754. The molecule has 0 saturated heterocycles. The fourth-order valence-corrected chi connectivity index (χ4v) is 2.48. The number of nitrogen functional groups attached to an aromatic ring is 1. The normalized spacial score (nSPS) is 10.7. The minimum Gasteiger partial charge on any atom is -0.495 e. The van der Waals surface area contributed by atoms with E-state index in [1.54, 1.807) is 11.8 Å². The fourth-order valence-electron chi connectivity index (χ4n) is 2.48. The second-order valence-corrected chi connectivity index (χ2v) is 5.29. The summed E-state index contributed by atoms with van der Waals surface area (Å²) in [6.45, 7) is 4.15. The van der Waals surface area contributed by atoms with Crippen molar-refractivity contribution in [2.45, 2.75) is 13.8 Å². The molecule has 0 aliphatic heterocycles. The van der Waals surface area contributed by atoms with Gasteiger partial charge in [-0.1, -0.05) is 29.0 Å². The maximum atomic E-state index is 5.94. The van der Waals surface area contributed by atoms with Gasteiger partial charge < -0.3 is 10.5 Å². The molecule has 0 radical (unpaired) electrons. The SMILES string of the molecule is COc1ccc(-n2cc(-c3ccc(C)cc3C)nn2)cc1N. The van der Waals surface area contributed by atoms with Crippen molar-refractivity contribution in [2.75, 3.05) is 12.8 Å². The van der Waals surface area contributed by atoms with Gasteiger partial charge in [-0.2, -0.15) is 0 Å². The first-order valence-electron chi connectivity index (χ1n) is 7.02. The van der Waals surface area contributed by atoms with Crippen LogP contribution in [0, 0.1) is 13.8 Å². The average molecular weight is 294 g/mol. The van der Waals surface area contributed by atoms with E-state index in [0.29, 0.717) is 11.4 Å². The van der Waals surface area contributed by atoms with Gasteiger partial charge in [-0.05, 0) is 37.6 Å². The van der Waals surface area contributed by atoms with Crippen LogP contribution in [-0.4, -0.2) is 22.1 Å². The lowest BCUT2D eigenvalue weighted by Gasteiger charge is -2.06. The zero-order chi connectivity index (χ0) is 15.7. The van der Waals surface area contributed by atoms with Gasteiger partial charge in [0.2, 0.25) is 0 Å². The molecule has 112 valence electrons. The maximum absolute atomic E-state index is 5.94. The molecule has 0 fully saturated rings. The summed E-state index contributed by atoms with van der Waals surface area (Å²) in [6.07, 6.45) is 1.90. The van der Waals surface area contributed by atoms with E-state index in [9.17, 15) is 0 Å². The Morgan fingerprint density at radius 2 is 1.91 bits per heavy atom. The Balaban J connectivity index is 1.98. The molecule has 0 saturated carbocycles. The lowest BCUT2D eigenvalue weighted by atomic mass is 10.0. The van der Waals surface area contributed by atoms with Crippen LogP contribution in [0.3, 0.4) is 0 Å². The molecule has 0 atom stereocenters. The number of aryl methyl sites for hydroxylation is 2. The summed E-state index contributed by atoms with van der Waals surface area (Å²) in [6, 6.07) is 11.8. The van der Waals surface area contributed by atoms with Gasteiger partial charge in [-0.3, -0.25) is 0 Å². The van der Waals surface area contributed by atoms with Gasteiger partial charge >= 0.3 is 0 Å². The second-order valence-electron chi connectivity index (χ2n) is 5.29. The lowest BCUT2D eigenvalue weighted by Crippen LogP contribution is -1.98. The molecule has 0 aliphatic carbocycles. The van der Waals surface area contributed by atoms with Crippen molar-refractivity contribution >= 4 is 5.69 Å². The van der Waals surface area contributed by atoms with Gasteiger partial charge in [-0.25, -0.2) is 4.68 Å². The minimum atomic E-state index is 0.573. The topological polar surface area (TPSA) is 66.0 Å². The van der Waals surface area contributed by atoms with E-state index >= 15 is 0 Å². The molecular weight excluding hydrogens is 276 g/mol. The molecule has 0 amide bonds. The number of aromatic nitrogens is 3. The molecule has 0 unspecified atom stereocenters. The predicted octanol–water partition coefficient (Wildman–Crippen LogP) is 3.14. The summed E-state index contributed by atoms with van der Waals surface area (Å²) in [4.78, 5) is 0. The molecule has 5 nitrogen and oxygen atoms in total. The number of nitrogens with two attached hydrogens (primary N) is 1. The zero-order valence-electron chi connectivity index (χ0n) is 12.9. The van der Waals surface area contributed by atoms with Gasteiger partial charge in [0.15, 0.2) is 0 Å². The zero-order valence-corrected chi connectivity index (χ0v) is 12.9. The third kappa shape index (κ3) is 2.53. The van der Waals surface area contributed by atoms with Crippen molar-refractivity contribution in [2.24, 2.45) is 0 Å². The summed E-state index contributed by atoms with van der Waals surface area (Å²) in [5, 5.41) is 8.46. The Morgan fingerprint density at radius 3 is 2.59 bits per heavy atom. The summed E-state index contributed by atoms with van der Waals surface area (Å²) < 4.78 is 6.88. The molecule has 0 aliphatic rings. The van der Waals surface area contributed by atoms with Gasteiger partial charge in [0.1, 0.15) is 11.4 Å². The van der Waals surface area contributed by atoms with E-state index in [1.165, 1.54) is 11.1 Å². The second kappa shape index (κ2) is 5.52. The lowest BCUT2D eigenvalue weighted by molar-refractivity contribution is 0.417. The van der Waals surface area contributed by atoms with E-state index in [1.807, 2.05) is 24.4 Å². The van der Waals surface area contributed by atoms with Crippen LogP contribution in [-0.2, 0) is 0 Å². The smallest absolute Gasteiger partial charge is 0.141 e. The molecule has 5 heteroatoms. The van der Waals surface area contributed by atoms with E-state index in [0.717, 1.165) is 16.9 Å². The number of benzene rings is 2. The van der Waals surface area contributed by atoms with Crippen LogP contribution in [0.2, 0.25) is 0 Å². The number of hydrogen-bond acceptors (Lipinski definition) is 4. The molecule has 22 heavy (non-hydrogen) atoms. The van der Waals surface area contributed by atoms with Gasteiger partial charge in [0.25, 0.3) is 0 Å². The number of hydrogen-bond donors (Lipinski definition) is 1. The molecule has 3 aromatic rings. The number of nitrogens with zero attached hydrogens (tertiary/aromatic N) is 3. The monoisotopic (exact) mass is 294 g/mol. The van der Waals surface area contributed by atoms with E-state index in [4.69, 9.17) is 10.5 Å².